The summed E-state index contributed by atoms with van der Waals surface area (Å²) >= 11 is 1.75. The zero-order valence-electron chi connectivity index (χ0n) is 9.18. The number of hydrogen-bond donors (Lipinski definition) is 1. The first-order valence-electron chi connectivity index (χ1n) is 5.17. The molecule has 0 saturated carbocycles. The molecule has 16 heavy (non-hydrogen) atoms. The maximum Gasteiger partial charge on any atom is 0.0279 e. The molecular weight excluding hydrogens is 216 g/mol. The van der Waals surface area contributed by atoms with E-state index in [1.54, 1.807) is 11.8 Å². The molecule has 2 N–H and O–H groups in total. The Morgan fingerprint density at radius 3 is 2.56 bits per heavy atom. The summed E-state index contributed by atoms with van der Waals surface area (Å²) in [5.74, 6) is 0. The molecule has 1 aromatic heterocycles. The molecular formula is C13H14N2S. The third-order valence-corrected chi connectivity index (χ3v) is 3.54. The molecule has 82 valence electrons. The van der Waals surface area contributed by atoms with Gasteiger partial charge in [0, 0.05) is 28.7 Å². The van der Waals surface area contributed by atoms with Crippen LogP contribution in [0.5, 0.6) is 0 Å². The molecule has 0 aliphatic heterocycles. The largest absolute Gasteiger partial charge is 0.326 e. The molecule has 2 rings (SSSR count). The number of aryl methyl sites for hydroxylation is 1. The molecule has 1 heterocycles. The van der Waals surface area contributed by atoms with E-state index in [-0.39, 0.29) is 0 Å². The summed E-state index contributed by atoms with van der Waals surface area (Å²) in [5, 5.41) is 0. The molecule has 0 fully saturated rings. The van der Waals surface area contributed by atoms with Gasteiger partial charge in [0.25, 0.3) is 0 Å². The summed E-state index contributed by atoms with van der Waals surface area (Å²) < 4.78 is 0. The van der Waals surface area contributed by atoms with Crippen molar-refractivity contribution in [2.24, 2.45) is 5.73 Å². The summed E-state index contributed by atoms with van der Waals surface area (Å²) in [4.78, 5) is 6.48. The van der Waals surface area contributed by atoms with Crippen LogP contribution in [0.25, 0.3) is 0 Å². The lowest BCUT2D eigenvalue weighted by Gasteiger charge is -2.07. The standard InChI is InChI=1S/C13H14N2S/c1-10-8-11(9-14)2-3-13(10)16-12-4-6-15-7-5-12/h2-8H,9,14H2,1H3. The van der Waals surface area contributed by atoms with Gasteiger partial charge in [-0.1, -0.05) is 23.9 Å². The van der Waals surface area contributed by atoms with Gasteiger partial charge in [-0.25, -0.2) is 0 Å². The Kier molecular flexibility index (Phi) is 3.59. The van der Waals surface area contributed by atoms with Gasteiger partial charge in [0.1, 0.15) is 0 Å². The topological polar surface area (TPSA) is 38.9 Å². The number of rotatable bonds is 3. The Morgan fingerprint density at radius 2 is 1.94 bits per heavy atom. The van der Waals surface area contributed by atoms with Gasteiger partial charge < -0.3 is 5.73 Å². The van der Waals surface area contributed by atoms with E-state index in [4.69, 9.17) is 5.73 Å². The first-order valence-corrected chi connectivity index (χ1v) is 5.98. The predicted molar refractivity (Wildman–Crippen MR) is 67.4 cm³/mol. The van der Waals surface area contributed by atoms with Gasteiger partial charge in [-0.3, -0.25) is 4.98 Å². The lowest BCUT2D eigenvalue weighted by atomic mass is 10.1. The summed E-state index contributed by atoms with van der Waals surface area (Å²) in [6.07, 6.45) is 3.62. The molecule has 0 spiro atoms. The highest BCUT2D eigenvalue weighted by Crippen LogP contribution is 2.30. The highest BCUT2D eigenvalue weighted by atomic mass is 32.2. The molecule has 0 unspecified atom stereocenters. The minimum atomic E-state index is 0.598. The first kappa shape index (κ1) is 11.2. The van der Waals surface area contributed by atoms with Gasteiger partial charge in [-0.15, -0.1) is 0 Å². The van der Waals surface area contributed by atoms with Crippen LogP contribution >= 0.6 is 11.8 Å². The summed E-state index contributed by atoms with van der Waals surface area (Å²) in [6, 6.07) is 10.4. The van der Waals surface area contributed by atoms with Crippen LogP contribution in [0.3, 0.4) is 0 Å². The number of benzene rings is 1. The number of aromatic nitrogens is 1. The van der Waals surface area contributed by atoms with Gasteiger partial charge in [-0.05, 0) is 36.2 Å². The molecule has 2 aromatic rings. The van der Waals surface area contributed by atoms with Crippen molar-refractivity contribution in [1.29, 1.82) is 0 Å². The average Bonchev–Trinajstić information content (AvgIpc) is 2.33. The molecule has 0 amide bonds. The van der Waals surface area contributed by atoms with Crippen molar-refractivity contribution >= 4 is 11.8 Å². The Labute approximate surface area is 99.9 Å². The highest BCUT2D eigenvalue weighted by molar-refractivity contribution is 7.99. The van der Waals surface area contributed by atoms with Gasteiger partial charge in [-0.2, -0.15) is 0 Å². The fourth-order valence-electron chi connectivity index (χ4n) is 1.49. The monoisotopic (exact) mass is 230 g/mol. The van der Waals surface area contributed by atoms with E-state index in [0.717, 1.165) is 0 Å². The molecule has 0 atom stereocenters. The van der Waals surface area contributed by atoms with E-state index >= 15 is 0 Å². The first-order chi connectivity index (χ1) is 7.79. The second-order valence-corrected chi connectivity index (χ2v) is 4.70. The van der Waals surface area contributed by atoms with Crippen LogP contribution in [-0.2, 0) is 6.54 Å². The van der Waals surface area contributed by atoms with Crippen LogP contribution in [0, 0.1) is 6.92 Å². The van der Waals surface area contributed by atoms with Crippen LogP contribution in [-0.4, -0.2) is 4.98 Å². The van der Waals surface area contributed by atoms with Crippen molar-refractivity contribution in [2.75, 3.05) is 0 Å². The zero-order valence-corrected chi connectivity index (χ0v) is 10.00. The van der Waals surface area contributed by atoms with Crippen LogP contribution in [0.4, 0.5) is 0 Å². The summed E-state index contributed by atoms with van der Waals surface area (Å²) in [5.41, 5.74) is 8.05. The maximum atomic E-state index is 5.61. The molecule has 0 radical (unpaired) electrons. The van der Waals surface area contributed by atoms with Crippen LogP contribution in [0.1, 0.15) is 11.1 Å². The van der Waals surface area contributed by atoms with Crippen molar-refractivity contribution in [3.8, 4) is 0 Å². The third-order valence-electron chi connectivity index (χ3n) is 2.35. The Bertz CT molecular complexity index is 469. The number of nitrogens with two attached hydrogens (primary N) is 1. The van der Waals surface area contributed by atoms with Gasteiger partial charge in [0.2, 0.25) is 0 Å². The predicted octanol–water partition coefficient (Wildman–Crippen LogP) is 3.00. The molecule has 0 bridgehead atoms. The third kappa shape index (κ3) is 2.62. The fraction of sp³-hybridized carbons (Fsp3) is 0.154. The SMILES string of the molecule is Cc1cc(CN)ccc1Sc1ccncc1. The van der Waals surface area contributed by atoms with Crippen LogP contribution in [0.15, 0.2) is 52.5 Å². The minimum Gasteiger partial charge on any atom is -0.326 e. The lowest BCUT2D eigenvalue weighted by Crippen LogP contribution is -1.96. The van der Waals surface area contributed by atoms with Gasteiger partial charge in [0.15, 0.2) is 0 Å². The molecule has 1 aromatic carbocycles. The van der Waals surface area contributed by atoms with E-state index in [1.807, 2.05) is 24.5 Å². The van der Waals surface area contributed by atoms with Crippen LogP contribution in [0.2, 0.25) is 0 Å². The number of pyridine rings is 1. The van der Waals surface area contributed by atoms with Crippen LogP contribution < -0.4 is 5.73 Å². The molecule has 3 heteroatoms. The van der Waals surface area contributed by atoms with Crippen molar-refractivity contribution in [3.05, 3.63) is 53.9 Å². The average molecular weight is 230 g/mol. The summed E-state index contributed by atoms with van der Waals surface area (Å²) in [7, 11) is 0. The summed E-state index contributed by atoms with van der Waals surface area (Å²) in [6.45, 7) is 2.71. The van der Waals surface area contributed by atoms with E-state index < -0.39 is 0 Å². The van der Waals surface area contributed by atoms with Gasteiger partial charge in [0.05, 0.1) is 0 Å². The quantitative estimate of drug-likeness (QED) is 0.881. The maximum absolute atomic E-state index is 5.61. The second-order valence-electron chi connectivity index (χ2n) is 3.59. The lowest BCUT2D eigenvalue weighted by molar-refractivity contribution is 1.05. The Morgan fingerprint density at radius 1 is 1.19 bits per heavy atom. The molecule has 0 aliphatic rings. The zero-order chi connectivity index (χ0) is 11.4. The number of nitrogens with zero attached hydrogens (tertiary/aromatic N) is 1. The highest BCUT2D eigenvalue weighted by Gasteiger charge is 2.01. The number of hydrogen-bond acceptors (Lipinski definition) is 3. The van der Waals surface area contributed by atoms with Crippen molar-refractivity contribution in [3.63, 3.8) is 0 Å². The normalized spacial score (nSPS) is 10.4. The fourth-order valence-corrected chi connectivity index (χ4v) is 2.35. The Balaban J connectivity index is 2.22. The van der Waals surface area contributed by atoms with E-state index in [2.05, 4.69) is 30.1 Å². The van der Waals surface area contributed by atoms with Gasteiger partial charge >= 0.3 is 0 Å². The molecule has 0 saturated heterocycles. The van der Waals surface area contributed by atoms with E-state index in [1.165, 1.54) is 20.9 Å². The van der Waals surface area contributed by atoms with E-state index in [0.29, 0.717) is 6.54 Å². The van der Waals surface area contributed by atoms with Crippen molar-refractivity contribution in [1.82, 2.24) is 4.98 Å². The second kappa shape index (κ2) is 5.14. The van der Waals surface area contributed by atoms with Crippen molar-refractivity contribution in [2.45, 2.75) is 23.3 Å². The smallest absolute Gasteiger partial charge is 0.0279 e. The Hall–Kier alpha value is -1.32. The molecule has 0 aliphatic carbocycles. The van der Waals surface area contributed by atoms with E-state index in [9.17, 15) is 0 Å². The van der Waals surface area contributed by atoms with Crippen molar-refractivity contribution < 1.29 is 0 Å². The minimum absolute atomic E-state index is 0.598. The molecule has 2 nitrogen and oxygen atoms in total.